The Morgan fingerprint density at radius 1 is 1.16 bits per heavy atom. The summed E-state index contributed by atoms with van der Waals surface area (Å²) < 4.78 is 2.05. The number of aryl methyl sites for hydroxylation is 1. The van der Waals surface area contributed by atoms with Crippen LogP contribution in [0.4, 0.5) is 0 Å². The van der Waals surface area contributed by atoms with Gasteiger partial charge in [0.2, 0.25) is 0 Å². The van der Waals surface area contributed by atoms with Gasteiger partial charge < -0.3 is 4.57 Å². The number of halogens is 2. The van der Waals surface area contributed by atoms with E-state index in [0.29, 0.717) is 5.88 Å². The zero-order chi connectivity index (χ0) is 13.4. The second kappa shape index (κ2) is 4.87. The number of nitrogens with zero attached hydrogens (tertiary/aromatic N) is 2. The molecule has 1 heterocycles. The Balaban J connectivity index is 2.21. The third-order valence-corrected chi connectivity index (χ3v) is 3.73. The van der Waals surface area contributed by atoms with E-state index in [2.05, 4.69) is 15.6 Å². The van der Waals surface area contributed by atoms with Crippen LogP contribution in [0.3, 0.4) is 0 Å². The topological polar surface area (TPSA) is 17.8 Å². The molecule has 0 N–H and O–H groups in total. The summed E-state index contributed by atoms with van der Waals surface area (Å²) in [5.41, 5.74) is 4.12. The van der Waals surface area contributed by atoms with Crippen LogP contribution < -0.4 is 0 Å². The highest BCUT2D eigenvalue weighted by atomic mass is 35.5. The van der Waals surface area contributed by atoms with Crippen LogP contribution in [0.25, 0.3) is 22.4 Å². The van der Waals surface area contributed by atoms with Crippen LogP contribution in [0, 0.1) is 0 Å². The lowest BCUT2D eigenvalue weighted by molar-refractivity contribution is 0.959. The van der Waals surface area contributed by atoms with Crippen LogP contribution in [0.1, 0.15) is 5.56 Å². The fourth-order valence-electron chi connectivity index (χ4n) is 2.21. The lowest BCUT2D eigenvalue weighted by Crippen LogP contribution is -1.93. The third kappa shape index (κ3) is 2.22. The first-order valence-electron chi connectivity index (χ1n) is 5.96. The van der Waals surface area contributed by atoms with Gasteiger partial charge in [-0.3, -0.25) is 0 Å². The first-order valence-corrected chi connectivity index (χ1v) is 6.87. The van der Waals surface area contributed by atoms with Crippen molar-refractivity contribution in [2.75, 3.05) is 0 Å². The lowest BCUT2D eigenvalue weighted by atomic mass is 10.1. The molecule has 0 aliphatic rings. The van der Waals surface area contributed by atoms with Gasteiger partial charge in [-0.25, -0.2) is 4.98 Å². The van der Waals surface area contributed by atoms with E-state index in [9.17, 15) is 0 Å². The van der Waals surface area contributed by atoms with Gasteiger partial charge in [-0.15, -0.1) is 11.6 Å². The average molecular weight is 291 g/mol. The van der Waals surface area contributed by atoms with Gasteiger partial charge in [-0.05, 0) is 29.8 Å². The second-order valence-electron chi connectivity index (χ2n) is 4.46. The van der Waals surface area contributed by atoms with Crippen molar-refractivity contribution in [3.8, 4) is 11.4 Å². The summed E-state index contributed by atoms with van der Waals surface area (Å²) in [5, 5.41) is 0.719. The average Bonchev–Trinajstić information content (AvgIpc) is 2.76. The smallest absolute Gasteiger partial charge is 0.140 e. The number of rotatable bonds is 2. The zero-order valence-electron chi connectivity index (χ0n) is 10.4. The predicted octanol–water partition coefficient (Wildman–Crippen LogP) is 4.63. The molecule has 0 spiro atoms. The molecule has 0 unspecified atom stereocenters. The zero-order valence-corrected chi connectivity index (χ0v) is 11.9. The van der Waals surface area contributed by atoms with Gasteiger partial charge in [0.1, 0.15) is 5.82 Å². The number of hydrogen-bond donors (Lipinski definition) is 0. The Morgan fingerprint density at radius 2 is 2.00 bits per heavy atom. The molecule has 0 fully saturated rings. The summed E-state index contributed by atoms with van der Waals surface area (Å²) in [4.78, 5) is 4.66. The third-order valence-electron chi connectivity index (χ3n) is 3.18. The van der Waals surface area contributed by atoms with E-state index in [1.54, 1.807) is 0 Å². The normalized spacial score (nSPS) is 11.1. The number of aromatic nitrogens is 2. The Morgan fingerprint density at radius 3 is 2.79 bits per heavy atom. The molecule has 96 valence electrons. The number of alkyl halides is 1. The van der Waals surface area contributed by atoms with Gasteiger partial charge in [-0.1, -0.05) is 29.8 Å². The minimum Gasteiger partial charge on any atom is -0.327 e. The van der Waals surface area contributed by atoms with E-state index in [1.165, 1.54) is 0 Å². The number of fused-ring (bicyclic) bond motifs is 1. The van der Waals surface area contributed by atoms with Gasteiger partial charge in [0.15, 0.2) is 0 Å². The van der Waals surface area contributed by atoms with Crippen molar-refractivity contribution >= 4 is 34.2 Å². The number of imidazole rings is 1. The first kappa shape index (κ1) is 12.5. The molecule has 2 nitrogen and oxygen atoms in total. The molecular formula is C15H12Cl2N2. The summed E-state index contributed by atoms with van der Waals surface area (Å²) in [5.74, 6) is 1.42. The SMILES string of the molecule is Cn1c(-c2cccc(CCl)c2)nc2ccc(Cl)cc21. The molecule has 0 amide bonds. The molecule has 0 aliphatic carbocycles. The summed E-state index contributed by atoms with van der Waals surface area (Å²) in [7, 11) is 1.99. The minimum absolute atomic E-state index is 0.504. The molecular weight excluding hydrogens is 279 g/mol. The molecule has 0 bridgehead atoms. The standard InChI is InChI=1S/C15H12Cl2N2/c1-19-14-8-12(17)5-6-13(14)18-15(19)11-4-2-3-10(7-11)9-16/h2-8H,9H2,1H3. The fourth-order valence-corrected chi connectivity index (χ4v) is 2.55. The molecule has 0 saturated carbocycles. The summed E-state index contributed by atoms with van der Waals surface area (Å²) in [6.07, 6.45) is 0. The van der Waals surface area contributed by atoms with Gasteiger partial charge in [0, 0.05) is 23.5 Å². The highest BCUT2D eigenvalue weighted by Gasteiger charge is 2.10. The van der Waals surface area contributed by atoms with E-state index in [4.69, 9.17) is 23.2 Å². The first-order chi connectivity index (χ1) is 9.19. The molecule has 3 aromatic rings. The summed E-state index contributed by atoms with van der Waals surface area (Å²) in [6, 6.07) is 13.8. The Hall–Kier alpha value is -1.51. The van der Waals surface area contributed by atoms with Crippen molar-refractivity contribution in [2.24, 2.45) is 7.05 Å². The molecule has 1 aromatic heterocycles. The van der Waals surface area contributed by atoms with Crippen LogP contribution >= 0.6 is 23.2 Å². The van der Waals surface area contributed by atoms with Gasteiger partial charge >= 0.3 is 0 Å². The summed E-state index contributed by atoms with van der Waals surface area (Å²) in [6.45, 7) is 0. The van der Waals surface area contributed by atoms with Crippen LogP contribution in [0.15, 0.2) is 42.5 Å². The molecule has 4 heteroatoms. The van der Waals surface area contributed by atoms with Crippen molar-refractivity contribution in [1.82, 2.24) is 9.55 Å². The molecule has 3 rings (SSSR count). The minimum atomic E-state index is 0.504. The molecule has 0 atom stereocenters. The van der Waals surface area contributed by atoms with Crippen molar-refractivity contribution in [1.29, 1.82) is 0 Å². The Bertz CT molecular complexity index is 747. The highest BCUT2D eigenvalue weighted by molar-refractivity contribution is 6.31. The van der Waals surface area contributed by atoms with Crippen molar-refractivity contribution < 1.29 is 0 Å². The maximum atomic E-state index is 6.04. The summed E-state index contributed by atoms with van der Waals surface area (Å²) >= 11 is 11.9. The monoisotopic (exact) mass is 290 g/mol. The van der Waals surface area contributed by atoms with E-state index in [-0.39, 0.29) is 0 Å². The van der Waals surface area contributed by atoms with E-state index in [0.717, 1.165) is 33.0 Å². The molecule has 0 radical (unpaired) electrons. The van der Waals surface area contributed by atoms with Crippen LogP contribution in [0.2, 0.25) is 5.02 Å². The van der Waals surface area contributed by atoms with E-state index >= 15 is 0 Å². The Kier molecular flexibility index (Phi) is 3.21. The van der Waals surface area contributed by atoms with Crippen LogP contribution in [-0.4, -0.2) is 9.55 Å². The molecule has 2 aromatic carbocycles. The lowest BCUT2D eigenvalue weighted by Gasteiger charge is -2.04. The highest BCUT2D eigenvalue weighted by Crippen LogP contribution is 2.26. The number of hydrogen-bond acceptors (Lipinski definition) is 1. The largest absolute Gasteiger partial charge is 0.327 e. The van der Waals surface area contributed by atoms with Gasteiger partial charge in [-0.2, -0.15) is 0 Å². The van der Waals surface area contributed by atoms with Crippen LogP contribution in [0.5, 0.6) is 0 Å². The predicted molar refractivity (Wildman–Crippen MR) is 80.7 cm³/mol. The van der Waals surface area contributed by atoms with E-state index in [1.807, 2.05) is 43.4 Å². The van der Waals surface area contributed by atoms with Gasteiger partial charge in [0.05, 0.1) is 11.0 Å². The molecule has 19 heavy (non-hydrogen) atoms. The van der Waals surface area contributed by atoms with Crippen molar-refractivity contribution in [2.45, 2.75) is 5.88 Å². The van der Waals surface area contributed by atoms with E-state index < -0.39 is 0 Å². The second-order valence-corrected chi connectivity index (χ2v) is 5.17. The maximum Gasteiger partial charge on any atom is 0.140 e. The quantitative estimate of drug-likeness (QED) is 0.629. The van der Waals surface area contributed by atoms with Crippen molar-refractivity contribution in [3.05, 3.63) is 53.1 Å². The molecule has 0 saturated heterocycles. The van der Waals surface area contributed by atoms with Gasteiger partial charge in [0.25, 0.3) is 0 Å². The fraction of sp³-hybridized carbons (Fsp3) is 0.133. The maximum absolute atomic E-state index is 6.04. The number of benzene rings is 2. The van der Waals surface area contributed by atoms with Crippen LogP contribution in [-0.2, 0) is 12.9 Å². The Labute approximate surface area is 121 Å². The van der Waals surface area contributed by atoms with Crippen molar-refractivity contribution in [3.63, 3.8) is 0 Å². The molecule has 0 aliphatic heterocycles.